The summed E-state index contributed by atoms with van der Waals surface area (Å²) in [7, 11) is 0. The Hall–Kier alpha value is -1.30. The van der Waals surface area contributed by atoms with E-state index in [0.717, 1.165) is 26.1 Å². The van der Waals surface area contributed by atoms with Gasteiger partial charge in [0, 0.05) is 6.54 Å². The van der Waals surface area contributed by atoms with E-state index in [2.05, 4.69) is 29.4 Å². The number of unbranched alkanes of at least 4 members (excludes halogenated alkanes) is 2. The second-order valence-corrected chi connectivity index (χ2v) is 6.50. The topological polar surface area (TPSA) is 81.7 Å². The maximum Gasteiger partial charge on any atom is 0.326 e. The van der Waals surface area contributed by atoms with E-state index >= 15 is 0 Å². The average molecular weight is 344 g/mol. The molecule has 0 heterocycles. The summed E-state index contributed by atoms with van der Waals surface area (Å²) in [5.41, 5.74) is 0. The van der Waals surface area contributed by atoms with Crippen molar-refractivity contribution in [3.05, 3.63) is 0 Å². The Bertz CT molecular complexity index is 342. The maximum absolute atomic E-state index is 11.9. The molecular formula is C18H37N3O3. The molecule has 0 saturated heterocycles. The number of rotatable bonds is 14. The van der Waals surface area contributed by atoms with E-state index in [1.165, 1.54) is 25.7 Å². The quantitative estimate of drug-likeness (QED) is 0.423. The van der Waals surface area contributed by atoms with Crippen LogP contribution in [0.1, 0.15) is 66.2 Å². The van der Waals surface area contributed by atoms with Crippen molar-refractivity contribution in [3.8, 4) is 0 Å². The Morgan fingerprint density at radius 2 is 1.54 bits per heavy atom. The van der Waals surface area contributed by atoms with E-state index < -0.39 is 18.0 Å². The van der Waals surface area contributed by atoms with Gasteiger partial charge in [0.1, 0.15) is 6.04 Å². The number of aliphatic carboxylic acids is 1. The van der Waals surface area contributed by atoms with E-state index in [9.17, 15) is 14.7 Å². The van der Waals surface area contributed by atoms with E-state index in [0.29, 0.717) is 13.0 Å². The molecule has 0 aliphatic rings. The molecule has 0 aromatic heterocycles. The normalized spacial score (nSPS) is 13.5. The fraction of sp³-hybridized carbons (Fsp3) is 0.889. The van der Waals surface area contributed by atoms with Crippen molar-refractivity contribution in [2.24, 2.45) is 5.92 Å². The SMILES string of the molecule is CCCCN(CCCC)CCCNC(=O)NC(C(=O)O)C(C)CC. The monoisotopic (exact) mass is 343 g/mol. The number of carboxylic acids is 1. The van der Waals surface area contributed by atoms with Crippen LogP contribution in [0.4, 0.5) is 4.79 Å². The second-order valence-electron chi connectivity index (χ2n) is 6.50. The minimum absolute atomic E-state index is 0.0909. The lowest BCUT2D eigenvalue weighted by Crippen LogP contribution is -2.49. The molecule has 0 aromatic rings. The first kappa shape index (κ1) is 22.7. The van der Waals surface area contributed by atoms with Crippen molar-refractivity contribution in [2.75, 3.05) is 26.2 Å². The Morgan fingerprint density at radius 1 is 1.00 bits per heavy atom. The van der Waals surface area contributed by atoms with Crippen molar-refractivity contribution in [2.45, 2.75) is 72.3 Å². The first-order valence-electron chi connectivity index (χ1n) is 9.45. The van der Waals surface area contributed by atoms with Crippen LogP contribution in [0.2, 0.25) is 0 Å². The molecule has 2 unspecified atom stereocenters. The van der Waals surface area contributed by atoms with Gasteiger partial charge in [-0.2, -0.15) is 0 Å². The van der Waals surface area contributed by atoms with Crippen molar-refractivity contribution >= 4 is 12.0 Å². The molecule has 24 heavy (non-hydrogen) atoms. The molecule has 0 aliphatic heterocycles. The molecule has 2 atom stereocenters. The summed E-state index contributed by atoms with van der Waals surface area (Å²) in [6.07, 6.45) is 6.37. The van der Waals surface area contributed by atoms with Gasteiger partial charge in [-0.15, -0.1) is 0 Å². The highest BCUT2D eigenvalue weighted by Gasteiger charge is 2.24. The van der Waals surface area contributed by atoms with Gasteiger partial charge in [0.2, 0.25) is 0 Å². The molecule has 0 aromatic carbocycles. The minimum atomic E-state index is -0.982. The molecule has 0 fully saturated rings. The van der Waals surface area contributed by atoms with Crippen molar-refractivity contribution in [1.82, 2.24) is 15.5 Å². The summed E-state index contributed by atoms with van der Waals surface area (Å²) in [5.74, 6) is -1.07. The maximum atomic E-state index is 11.9. The first-order chi connectivity index (χ1) is 11.5. The van der Waals surface area contributed by atoms with Gasteiger partial charge in [0.15, 0.2) is 0 Å². The zero-order chi connectivity index (χ0) is 18.4. The fourth-order valence-corrected chi connectivity index (χ4v) is 2.48. The van der Waals surface area contributed by atoms with Crippen LogP contribution in [0.15, 0.2) is 0 Å². The summed E-state index contributed by atoms with van der Waals surface area (Å²) in [6, 6.07) is -1.23. The molecule has 2 amide bonds. The van der Waals surface area contributed by atoms with Gasteiger partial charge in [0.05, 0.1) is 0 Å². The number of urea groups is 1. The van der Waals surface area contributed by atoms with E-state index in [4.69, 9.17) is 0 Å². The number of hydrogen-bond donors (Lipinski definition) is 3. The highest BCUT2D eigenvalue weighted by atomic mass is 16.4. The minimum Gasteiger partial charge on any atom is -0.480 e. The van der Waals surface area contributed by atoms with Crippen LogP contribution < -0.4 is 10.6 Å². The number of amides is 2. The van der Waals surface area contributed by atoms with Crippen molar-refractivity contribution in [1.29, 1.82) is 0 Å². The number of nitrogens with zero attached hydrogens (tertiary/aromatic N) is 1. The molecule has 0 radical (unpaired) electrons. The van der Waals surface area contributed by atoms with Crippen LogP contribution in [0, 0.1) is 5.92 Å². The molecule has 0 aliphatic carbocycles. The van der Waals surface area contributed by atoms with Gasteiger partial charge in [-0.05, 0) is 44.8 Å². The number of carboxylic acid groups (broad SMARTS) is 1. The number of nitrogens with one attached hydrogen (secondary N) is 2. The summed E-state index contributed by atoms with van der Waals surface area (Å²) in [6.45, 7) is 11.9. The Morgan fingerprint density at radius 3 is 2.00 bits per heavy atom. The zero-order valence-corrected chi connectivity index (χ0v) is 15.9. The van der Waals surface area contributed by atoms with Crippen molar-refractivity contribution < 1.29 is 14.7 Å². The average Bonchev–Trinajstić information content (AvgIpc) is 2.57. The molecule has 142 valence electrons. The third-order valence-electron chi connectivity index (χ3n) is 4.36. The van der Waals surface area contributed by atoms with Crippen molar-refractivity contribution in [3.63, 3.8) is 0 Å². The molecule has 6 heteroatoms. The largest absolute Gasteiger partial charge is 0.480 e. The zero-order valence-electron chi connectivity index (χ0n) is 15.9. The lowest BCUT2D eigenvalue weighted by molar-refractivity contribution is -0.140. The van der Waals surface area contributed by atoms with Gasteiger partial charge in [-0.1, -0.05) is 47.0 Å². The Balaban J connectivity index is 4.09. The lowest BCUT2D eigenvalue weighted by atomic mass is 9.99. The Labute approximate surface area is 147 Å². The van der Waals surface area contributed by atoms with Crippen LogP contribution in [0.3, 0.4) is 0 Å². The highest BCUT2D eigenvalue weighted by Crippen LogP contribution is 2.07. The Kier molecular flexibility index (Phi) is 13.3. The molecule has 6 nitrogen and oxygen atoms in total. The van der Waals surface area contributed by atoms with Crippen LogP contribution in [0.25, 0.3) is 0 Å². The molecule has 0 rings (SSSR count). The molecule has 3 N–H and O–H groups in total. The van der Waals surface area contributed by atoms with E-state index in [-0.39, 0.29) is 5.92 Å². The third-order valence-corrected chi connectivity index (χ3v) is 4.36. The number of hydrogen-bond acceptors (Lipinski definition) is 3. The van der Waals surface area contributed by atoms with Crippen LogP contribution in [-0.2, 0) is 4.79 Å². The molecule has 0 spiro atoms. The van der Waals surface area contributed by atoms with Gasteiger partial charge in [-0.25, -0.2) is 9.59 Å². The first-order valence-corrected chi connectivity index (χ1v) is 9.45. The smallest absolute Gasteiger partial charge is 0.326 e. The predicted molar refractivity (Wildman–Crippen MR) is 98.3 cm³/mol. The summed E-state index contributed by atoms with van der Waals surface area (Å²) in [4.78, 5) is 25.5. The van der Waals surface area contributed by atoms with Gasteiger partial charge in [-0.3, -0.25) is 0 Å². The van der Waals surface area contributed by atoms with Gasteiger partial charge < -0.3 is 20.6 Å². The lowest BCUT2D eigenvalue weighted by Gasteiger charge is -2.22. The van der Waals surface area contributed by atoms with Crippen LogP contribution >= 0.6 is 0 Å². The van der Waals surface area contributed by atoms with Crippen LogP contribution in [0.5, 0.6) is 0 Å². The van der Waals surface area contributed by atoms with E-state index in [1.54, 1.807) is 0 Å². The number of carbonyl (C=O) groups excluding carboxylic acids is 1. The van der Waals surface area contributed by atoms with Crippen LogP contribution in [-0.4, -0.2) is 54.2 Å². The highest BCUT2D eigenvalue weighted by molar-refractivity contribution is 5.82. The predicted octanol–water partition coefficient (Wildman–Crippen LogP) is 3.08. The summed E-state index contributed by atoms with van der Waals surface area (Å²) >= 11 is 0. The van der Waals surface area contributed by atoms with E-state index in [1.807, 2.05) is 13.8 Å². The third kappa shape index (κ3) is 10.5. The molecule has 0 bridgehead atoms. The molecular weight excluding hydrogens is 306 g/mol. The van der Waals surface area contributed by atoms with Gasteiger partial charge >= 0.3 is 12.0 Å². The summed E-state index contributed by atoms with van der Waals surface area (Å²) in [5, 5.41) is 14.5. The fourth-order valence-electron chi connectivity index (χ4n) is 2.48. The number of carbonyl (C=O) groups is 2. The molecule has 0 saturated carbocycles. The van der Waals surface area contributed by atoms with Gasteiger partial charge in [0.25, 0.3) is 0 Å². The standard InChI is InChI=1S/C18H37N3O3/c1-5-8-12-21(13-9-6-2)14-10-11-19-18(24)20-16(17(22)23)15(4)7-3/h15-16H,5-14H2,1-4H3,(H,22,23)(H2,19,20,24). The summed E-state index contributed by atoms with van der Waals surface area (Å²) < 4.78 is 0. The second kappa shape index (κ2) is 14.1.